The quantitative estimate of drug-likeness (QED) is 0.661. The van der Waals surface area contributed by atoms with Crippen LogP contribution in [0.5, 0.6) is 0 Å². The molecule has 0 radical (unpaired) electrons. The summed E-state index contributed by atoms with van der Waals surface area (Å²) in [7, 11) is 0. The minimum absolute atomic E-state index is 0.0443. The summed E-state index contributed by atoms with van der Waals surface area (Å²) in [4.78, 5) is 17.1. The van der Waals surface area contributed by atoms with E-state index in [1.54, 1.807) is 12.3 Å². The molecule has 108 valence electrons. The average Bonchev–Trinajstić information content (AvgIpc) is 2.48. The third-order valence-electron chi connectivity index (χ3n) is 4.59. The molecule has 1 aromatic heterocycles. The number of nitro groups is 1. The lowest BCUT2D eigenvalue weighted by Crippen LogP contribution is -2.62. The number of piperazine rings is 1. The van der Waals surface area contributed by atoms with Crippen LogP contribution in [-0.4, -0.2) is 35.1 Å². The molecule has 3 rings (SSSR count). The minimum atomic E-state index is -0.319. The number of nitrogens with zero attached hydrogens (tertiary/aromatic N) is 3. The molecule has 2 aliphatic rings. The highest BCUT2D eigenvalue weighted by Gasteiger charge is 2.41. The first-order valence-electron chi connectivity index (χ1n) is 7.30. The summed E-state index contributed by atoms with van der Waals surface area (Å²) in [5.74, 6) is 0. The van der Waals surface area contributed by atoms with Crippen LogP contribution < -0.4 is 10.2 Å². The monoisotopic (exact) mass is 276 g/mol. The van der Waals surface area contributed by atoms with Gasteiger partial charge in [-0.1, -0.05) is 19.3 Å². The first kappa shape index (κ1) is 13.3. The van der Waals surface area contributed by atoms with E-state index in [1.165, 1.54) is 25.5 Å². The van der Waals surface area contributed by atoms with E-state index in [0.29, 0.717) is 0 Å². The van der Waals surface area contributed by atoms with Gasteiger partial charge in [-0.05, 0) is 18.9 Å². The first-order valence-corrected chi connectivity index (χ1v) is 7.30. The Morgan fingerprint density at radius 3 is 2.90 bits per heavy atom. The Kier molecular flexibility index (Phi) is 3.56. The maximum Gasteiger partial charge on any atom is 0.310 e. The molecule has 6 heteroatoms. The second kappa shape index (κ2) is 5.36. The van der Waals surface area contributed by atoms with E-state index in [9.17, 15) is 10.1 Å². The molecule has 6 nitrogen and oxygen atoms in total. The van der Waals surface area contributed by atoms with E-state index in [-0.39, 0.29) is 16.1 Å². The van der Waals surface area contributed by atoms with Crippen molar-refractivity contribution < 1.29 is 4.92 Å². The van der Waals surface area contributed by atoms with E-state index in [0.717, 1.165) is 38.2 Å². The Morgan fingerprint density at radius 1 is 1.35 bits per heavy atom. The largest absolute Gasteiger partial charge is 0.358 e. The van der Waals surface area contributed by atoms with Crippen molar-refractivity contribution in [3.8, 4) is 0 Å². The van der Waals surface area contributed by atoms with Crippen LogP contribution in [0.15, 0.2) is 18.5 Å². The van der Waals surface area contributed by atoms with Crippen molar-refractivity contribution in [3.63, 3.8) is 0 Å². The van der Waals surface area contributed by atoms with Crippen LogP contribution >= 0.6 is 0 Å². The van der Waals surface area contributed by atoms with Crippen LogP contribution in [0.25, 0.3) is 0 Å². The van der Waals surface area contributed by atoms with Crippen LogP contribution in [0.2, 0.25) is 0 Å². The number of anilines is 1. The molecule has 1 N–H and O–H groups in total. The third-order valence-corrected chi connectivity index (χ3v) is 4.59. The van der Waals surface area contributed by atoms with Gasteiger partial charge < -0.3 is 10.2 Å². The summed E-state index contributed by atoms with van der Waals surface area (Å²) >= 11 is 0. The molecule has 1 saturated heterocycles. The van der Waals surface area contributed by atoms with E-state index in [2.05, 4.69) is 15.2 Å². The lowest BCUT2D eigenvalue weighted by Gasteiger charge is -2.50. The molecular weight excluding hydrogens is 256 g/mol. The van der Waals surface area contributed by atoms with Gasteiger partial charge in [-0.2, -0.15) is 0 Å². The Labute approximate surface area is 118 Å². The number of nitrogens with one attached hydrogen (secondary N) is 1. The number of pyridine rings is 1. The Hall–Kier alpha value is -1.69. The lowest BCUT2D eigenvalue weighted by molar-refractivity contribution is -0.384. The van der Waals surface area contributed by atoms with E-state index < -0.39 is 0 Å². The summed E-state index contributed by atoms with van der Waals surface area (Å²) in [6, 6.07) is 1.79. The van der Waals surface area contributed by atoms with Gasteiger partial charge >= 0.3 is 5.69 Å². The van der Waals surface area contributed by atoms with Crippen molar-refractivity contribution in [3.05, 3.63) is 28.6 Å². The van der Waals surface area contributed by atoms with Gasteiger partial charge in [-0.3, -0.25) is 15.1 Å². The molecule has 2 fully saturated rings. The molecule has 1 spiro atoms. The predicted octanol–water partition coefficient (Wildman–Crippen LogP) is 2.10. The van der Waals surface area contributed by atoms with Gasteiger partial charge in [0.1, 0.15) is 11.9 Å². The SMILES string of the molecule is O=[N+]([O-])c1cnccc1N1CCNCC12CCCCC2. The molecule has 0 unspecified atom stereocenters. The van der Waals surface area contributed by atoms with Crippen molar-refractivity contribution in [2.24, 2.45) is 0 Å². The van der Waals surface area contributed by atoms with Crippen LogP contribution in [-0.2, 0) is 0 Å². The summed E-state index contributed by atoms with van der Waals surface area (Å²) in [5.41, 5.74) is 0.899. The first-order chi connectivity index (χ1) is 9.73. The molecule has 0 bridgehead atoms. The molecule has 1 saturated carbocycles. The standard InChI is InChI=1S/C14H20N4O2/c19-18(20)13-10-15-7-4-12(13)17-9-8-16-11-14(17)5-2-1-3-6-14/h4,7,10,16H,1-3,5-6,8-9,11H2. The van der Waals surface area contributed by atoms with Crippen LogP contribution in [0.3, 0.4) is 0 Å². The van der Waals surface area contributed by atoms with E-state index in [4.69, 9.17) is 0 Å². The molecule has 1 aliphatic heterocycles. The Balaban J connectivity index is 2.00. The van der Waals surface area contributed by atoms with Crippen molar-refractivity contribution in [2.75, 3.05) is 24.5 Å². The molecule has 0 amide bonds. The van der Waals surface area contributed by atoms with Gasteiger partial charge in [0.2, 0.25) is 0 Å². The van der Waals surface area contributed by atoms with Gasteiger partial charge in [0, 0.05) is 25.8 Å². The van der Waals surface area contributed by atoms with Crippen molar-refractivity contribution >= 4 is 11.4 Å². The minimum Gasteiger partial charge on any atom is -0.358 e. The molecule has 0 atom stereocenters. The molecule has 1 aromatic rings. The fraction of sp³-hybridized carbons (Fsp3) is 0.643. The van der Waals surface area contributed by atoms with Gasteiger partial charge in [-0.25, -0.2) is 0 Å². The number of aromatic nitrogens is 1. The van der Waals surface area contributed by atoms with Gasteiger partial charge in [-0.15, -0.1) is 0 Å². The highest BCUT2D eigenvalue weighted by atomic mass is 16.6. The van der Waals surface area contributed by atoms with Crippen molar-refractivity contribution in [1.29, 1.82) is 0 Å². The summed E-state index contributed by atoms with van der Waals surface area (Å²) < 4.78 is 0. The van der Waals surface area contributed by atoms with Crippen LogP contribution in [0.1, 0.15) is 32.1 Å². The normalized spacial score (nSPS) is 21.9. The van der Waals surface area contributed by atoms with Gasteiger partial charge in [0.05, 0.1) is 10.5 Å². The topological polar surface area (TPSA) is 71.3 Å². The summed E-state index contributed by atoms with van der Waals surface area (Å²) in [6.45, 7) is 2.62. The third kappa shape index (κ3) is 2.24. The zero-order valence-corrected chi connectivity index (χ0v) is 11.5. The van der Waals surface area contributed by atoms with E-state index >= 15 is 0 Å². The molecule has 1 aliphatic carbocycles. The number of hydrogen-bond acceptors (Lipinski definition) is 5. The maximum absolute atomic E-state index is 11.3. The van der Waals surface area contributed by atoms with Gasteiger partial charge in [0.15, 0.2) is 0 Å². The van der Waals surface area contributed by atoms with E-state index in [1.807, 2.05) is 0 Å². The Morgan fingerprint density at radius 2 is 2.15 bits per heavy atom. The molecular formula is C14H20N4O2. The van der Waals surface area contributed by atoms with Crippen LogP contribution in [0.4, 0.5) is 11.4 Å². The molecule has 20 heavy (non-hydrogen) atoms. The second-order valence-corrected chi connectivity index (χ2v) is 5.73. The number of rotatable bonds is 2. The van der Waals surface area contributed by atoms with Gasteiger partial charge in [0.25, 0.3) is 0 Å². The Bertz CT molecular complexity index is 491. The zero-order chi connectivity index (χ0) is 14.0. The fourth-order valence-electron chi connectivity index (χ4n) is 3.62. The highest BCUT2D eigenvalue weighted by Crippen LogP contribution is 2.40. The lowest BCUT2D eigenvalue weighted by atomic mass is 9.78. The smallest absolute Gasteiger partial charge is 0.310 e. The maximum atomic E-state index is 11.3. The predicted molar refractivity (Wildman–Crippen MR) is 76.9 cm³/mol. The van der Waals surface area contributed by atoms with Crippen molar-refractivity contribution in [2.45, 2.75) is 37.6 Å². The van der Waals surface area contributed by atoms with Crippen molar-refractivity contribution in [1.82, 2.24) is 10.3 Å². The van der Waals surface area contributed by atoms with Crippen LogP contribution in [0, 0.1) is 10.1 Å². The zero-order valence-electron chi connectivity index (χ0n) is 11.5. The summed E-state index contributed by atoms with van der Waals surface area (Å²) in [5, 5.41) is 14.7. The number of hydrogen-bond donors (Lipinski definition) is 1. The molecule has 0 aromatic carbocycles. The summed E-state index contributed by atoms with van der Waals surface area (Å²) in [6.07, 6.45) is 8.93. The highest BCUT2D eigenvalue weighted by molar-refractivity contribution is 5.63. The molecule has 2 heterocycles. The fourth-order valence-corrected chi connectivity index (χ4v) is 3.62. The second-order valence-electron chi connectivity index (χ2n) is 5.73. The average molecular weight is 276 g/mol.